The molecule has 1 amide bonds. The Bertz CT molecular complexity index is 1370. The van der Waals surface area contributed by atoms with E-state index >= 15 is 0 Å². The lowest BCUT2D eigenvalue weighted by Gasteiger charge is -2.24. The van der Waals surface area contributed by atoms with Crippen LogP contribution in [0.25, 0.3) is 11.1 Å². The summed E-state index contributed by atoms with van der Waals surface area (Å²) >= 11 is 0. The molecule has 0 bridgehead atoms. The van der Waals surface area contributed by atoms with Crippen molar-refractivity contribution in [2.24, 2.45) is 0 Å². The largest absolute Gasteiger partial charge is 0.493 e. The number of carbonyl (C=O) groups is 1. The summed E-state index contributed by atoms with van der Waals surface area (Å²) in [6.45, 7) is 2.01. The van der Waals surface area contributed by atoms with E-state index in [1.807, 2.05) is 48.5 Å². The van der Waals surface area contributed by atoms with Crippen molar-refractivity contribution in [3.63, 3.8) is 0 Å². The van der Waals surface area contributed by atoms with Gasteiger partial charge in [-0.15, -0.1) is 0 Å². The van der Waals surface area contributed by atoms with Gasteiger partial charge in [-0.05, 0) is 64.7 Å². The van der Waals surface area contributed by atoms with E-state index in [1.165, 1.54) is 12.1 Å². The van der Waals surface area contributed by atoms with E-state index in [0.29, 0.717) is 43.4 Å². The van der Waals surface area contributed by atoms with Crippen molar-refractivity contribution in [2.75, 3.05) is 20.3 Å². The summed E-state index contributed by atoms with van der Waals surface area (Å²) in [5.74, 6) is 0.850. The molecule has 38 heavy (non-hydrogen) atoms. The first-order chi connectivity index (χ1) is 18.6. The molecular weight excluding hydrogens is 483 g/mol. The lowest BCUT2D eigenvalue weighted by Crippen LogP contribution is -2.30. The Morgan fingerprint density at radius 2 is 1.82 bits per heavy atom. The number of nitrogens with zero attached hydrogens (tertiary/aromatic N) is 2. The fourth-order valence-corrected chi connectivity index (χ4v) is 4.48. The van der Waals surface area contributed by atoms with Gasteiger partial charge in [0.15, 0.2) is 11.5 Å². The number of rotatable bonds is 9. The Hall–Kier alpha value is -4.23. The van der Waals surface area contributed by atoms with Crippen LogP contribution in [0.5, 0.6) is 11.5 Å². The van der Waals surface area contributed by atoms with Crippen molar-refractivity contribution in [2.45, 2.75) is 25.6 Å². The third kappa shape index (κ3) is 6.18. The summed E-state index contributed by atoms with van der Waals surface area (Å²) in [5, 5.41) is 0. The lowest BCUT2D eigenvalue weighted by atomic mass is 10.0. The molecule has 2 heterocycles. The molecule has 5 rings (SSSR count). The molecule has 1 aliphatic heterocycles. The molecule has 7 heteroatoms. The second-order valence-electron chi connectivity index (χ2n) is 9.20. The van der Waals surface area contributed by atoms with E-state index < -0.39 is 0 Å². The standard InChI is InChI=1S/C31H29FN2O4/c1-36-30-16-22(7-12-29(30)38-28-13-15-37-21-28)19-34(20-23-4-3-14-33-18-23)31(35)25-10-8-24(9-11-25)26-5-2-6-27(32)17-26/h2-12,14,16-18,28H,13,15,19-21H2,1H3/t28-/m1/s1. The monoisotopic (exact) mass is 512 g/mol. The molecule has 0 N–H and O–H groups in total. The van der Waals surface area contributed by atoms with Crippen LogP contribution in [-0.2, 0) is 17.8 Å². The van der Waals surface area contributed by atoms with Crippen LogP contribution in [0.1, 0.15) is 27.9 Å². The summed E-state index contributed by atoms with van der Waals surface area (Å²) in [7, 11) is 1.61. The maximum Gasteiger partial charge on any atom is 0.254 e. The zero-order chi connectivity index (χ0) is 26.3. The minimum atomic E-state index is -0.297. The molecule has 0 radical (unpaired) electrons. The van der Waals surface area contributed by atoms with E-state index in [2.05, 4.69) is 4.98 Å². The average molecular weight is 513 g/mol. The first-order valence-corrected chi connectivity index (χ1v) is 12.5. The van der Waals surface area contributed by atoms with Gasteiger partial charge >= 0.3 is 0 Å². The van der Waals surface area contributed by atoms with Crippen LogP contribution in [0.4, 0.5) is 4.39 Å². The van der Waals surface area contributed by atoms with Gasteiger partial charge in [-0.25, -0.2) is 4.39 Å². The number of hydrogen-bond donors (Lipinski definition) is 0. The van der Waals surface area contributed by atoms with Crippen LogP contribution in [0.2, 0.25) is 0 Å². The van der Waals surface area contributed by atoms with E-state index in [9.17, 15) is 9.18 Å². The van der Waals surface area contributed by atoms with Crippen molar-refractivity contribution in [1.29, 1.82) is 0 Å². The first-order valence-electron chi connectivity index (χ1n) is 12.5. The van der Waals surface area contributed by atoms with Gasteiger partial charge in [-0.3, -0.25) is 9.78 Å². The fraction of sp³-hybridized carbons (Fsp3) is 0.226. The van der Waals surface area contributed by atoms with Crippen LogP contribution in [0.15, 0.2) is 91.3 Å². The SMILES string of the molecule is COc1cc(CN(Cc2cccnc2)C(=O)c2ccc(-c3cccc(F)c3)cc2)ccc1O[C@@H]1CCOC1. The van der Waals surface area contributed by atoms with Crippen molar-refractivity contribution >= 4 is 5.91 Å². The predicted molar refractivity (Wildman–Crippen MR) is 142 cm³/mol. The minimum Gasteiger partial charge on any atom is -0.493 e. The van der Waals surface area contributed by atoms with Crippen LogP contribution >= 0.6 is 0 Å². The van der Waals surface area contributed by atoms with Gasteiger partial charge in [0.05, 0.1) is 20.3 Å². The molecule has 194 valence electrons. The Balaban J connectivity index is 1.38. The van der Waals surface area contributed by atoms with Crippen LogP contribution in [-0.4, -0.2) is 42.2 Å². The van der Waals surface area contributed by atoms with E-state index in [1.54, 1.807) is 42.6 Å². The molecule has 0 spiro atoms. The van der Waals surface area contributed by atoms with Crippen LogP contribution < -0.4 is 9.47 Å². The Labute approximate surface area is 221 Å². The number of amides is 1. The van der Waals surface area contributed by atoms with Gasteiger partial charge in [-0.1, -0.05) is 36.4 Å². The van der Waals surface area contributed by atoms with Gasteiger partial charge in [0.2, 0.25) is 0 Å². The number of methoxy groups -OCH3 is 1. The molecule has 1 aromatic heterocycles. The zero-order valence-electron chi connectivity index (χ0n) is 21.2. The van der Waals surface area contributed by atoms with E-state index in [-0.39, 0.29) is 17.8 Å². The molecule has 1 fully saturated rings. The molecule has 3 aromatic carbocycles. The highest BCUT2D eigenvalue weighted by molar-refractivity contribution is 5.94. The summed E-state index contributed by atoms with van der Waals surface area (Å²) in [6.07, 6.45) is 4.32. The Morgan fingerprint density at radius 1 is 0.974 bits per heavy atom. The number of pyridine rings is 1. The molecule has 0 saturated carbocycles. The van der Waals surface area contributed by atoms with Gasteiger partial charge < -0.3 is 19.1 Å². The maximum absolute atomic E-state index is 13.7. The highest BCUT2D eigenvalue weighted by atomic mass is 19.1. The number of carbonyl (C=O) groups excluding carboxylic acids is 1. The van der Waals surface area contributed by atoms with Crippen molar-refractivity contribution in [1.82, 2.24) is 9.88 Å². The highest BCUT2D eigenvalue weighted by Gasteiger charge is 2.21. The molecule has 0 unspecified atom stereocenters. The predicted octanol–water partition coefficient (Wildman–Crippen LogP) is 5.91. The van der Waals surface area contributed by atoms with Crippen molar-refractivity contribution in [3.05, 3.63) is 114 Å². The van der Waals surface area contributed by atoms with Crippen molar-refractivity contribution in [3.8, 4) is 22.6 Å². The molecule has 1 aliphatic rings. The summed E-state index contributed by atoms with van der Waals surface area (Å²) in [6, 6.07) is 23.2. The Kier molecular flexibility index (Phi) is 7.95. The van der Waals surface area contributed by atoms with Gasteiger partial charge in [0.25, 0.3) is 5.91 Å². The van der Waals surface area contributed by atoms with Crippen LogP contribution in [0.3, 0.4) is 0 Å². The molecule has 6 nitrogen and oxygen atoms in total. The number of ether oxygens (including phenoxy) is 3. The average Bonchev–Trinajstić information content (AvgIpc) is 3.47. The topological polar surface area (TPSA) is 60.9 Å². The quantitative estimate of drug-likeness (QED) is 0.279. The maximum atomic E-state index is 13.7. The van der Waals surface area contributed by atoms with E-state index in [4.69, 9.17) is 14.2 Å². The molecule has 1 atom stereocenters. The summed E-state index contributed by atoms with van der Waals surface area (Å²) < 4.78 is 30.7. The zero-order valence-corrected chi connectivity index (χ0v) is 21.2. The molecule has 1 saturated heterocycles. The van der Waals surface area contributed by atoms with Crippen molar-refractivity contribution < 1.29 is 23.4 Å². The number of hydrogen-bond acceptors (Lipinski definition) is 5. The second kappa shape index (κ2) is 11.9. The Morgan fingerprint density at radius 3 is 2.53 bits per heavy atom. The highest BCUT2D eigenvalue weighted by Crippen LogP contribution is 2.31. The summed E-state index contributed by atoms with van der Waals surface area (Å²) in [5.41, 5.74) is 3.97. The third-order valence-corrected chi connectivity index (χ3v) is 6.46. The van der Waals surface area contributed by atoms with Gasteiger partial charge in [0.1, 0.15) is 11.9 Å². The lowest BCUT2D eigenvalue weighted by molar-refractivity contribution is 0.0729. The molecular formula is C31H29FN2O4. The number of aromatic nitrogens is 1. The summed E-state index contributed by atoms with van der Waals surface area (Å²) in [4.78, 5) is 19.7. The minimum absolute atomic E-state index is 0.00811. The molecule has 0 aliphatic carbocycles. The van der Waals surface area contributed by atoms with Gasteiger partial charge in [-0.2, -0.15) is 0 Å². The fourth-order valence-electron chi connectivity index (χ4n) is 4.48. The first kappa shape index (κ1) is 25.4. The van der Waals surface area contributed by atoms with E-state index in [0.717, 1.165) is 28.7 Å². The molecule has 4 aromatic rings. The smallest absolute Gasteiger partial charge is 0.254 e. The van der Waals surface area contributed by atoms with Gasteiger partial charge in [0, 0.05) is 37.5 Å². The third-order valence-electron chi connectivity index (χ3n) is 6.46. The number of halogens is 1. The normalized spacial score (nSPS) is 14.7. The number of benzene rings is 3. The second-order valence-corrected chi connectivity index (χ2v) is 9.20. The van der Waals surface area contributed by atoms with Crippen LogP contribution in [0, 0.1) is 5.82 Å².